The number of hydrogen-bond donors (Lipinski definition) is 2. The fourth-order valence-corrected chi connectivity index (χ4v) is 3.61. The number of carbonyl (C=O) groups is 2. The Hall–Kier alpha value is -1.94. The highest BCUT2D eigenvalue weighted by atomic mass is 32.2. The predicted molar refractivity (Wildman–Crippen MR) is 96.7 cm³/mol. The van der Waals surface area contributed by atoms with Crippen LogP contribution in [-0.4, -0.2) is 51.1 Å². The number of carbonyl (C=O) groups excluding carboxylic acids is 1. The molecule has 1 fully saturated rings. The number of aliphatic hydroxyl groups excluding tert-OH is 1. The number of rotatable bonds is 10. The van der Waals surface area contributed by atoms with Gasteiger partial charge < -0.3 is 19.5 Å². The molecule has 2 heterocycles. The lowest BCUT2D eigenvalue weighted by Crippen LogP contribution is -2.32. The molecule has 1 unspecified atom stereocenters. The zero-order valence-corrected chi connectivity index (χ0v) is 15.8. The lowest BCUT2D eigenvalue weighted by Gasteiger charge is -2.22. The van der Waals surface area contributed by atoms with Crippen LogP contribution in [0.1, 0.15) is 43.3 Å². The SMILES string of the molecule is O=C(O)CSCCCCN1C(=O)CCC1/C=C/[C@@H](O)c1ccc(C(F)(F)F)o1. The standard InChI is InChI=1S/C18H22F3NO5S/c19-18(20,21)15-7-6-14(27-15)13(23)5-3-12-4-8-16(24)22(12)9-1-2-10-28-11-17(25)26/h3,5-7,12-13,23H,1-2,4,8-11H2,(H,25,26)/b5-3+/t12?,13-/m1/s1. The summed E-state index contributed by atoms with van der Waals surface area (Å²) in [6.07, 6.45) is -0.562. The Balaban J connectivity index is 1.84. The maximum Gasteiger partial charge on any atom is 0.449 e. The van der Waals surface area contributed by atoms with E-state index in [9.17, 15) is 27.9 Å². The van der Waals surface area contributed by atoms with Crippen molar-refractivity contribution in [2.45, 2.75) is 44.0 Å². The molecule has 0 bridgehead atoms. The van der Waals surface area contributed by atoms with Crippen molar-refractivity contribution in [3.8, 4) is 0 Å². The summed E-state index contributed by atoms with van der Waals surface area (Å²) in [6, 6.07) is 1.61. The zero-order chi connectivity index (χ0) is 20.7. The topological polar surface area (TPSA) is 91.0 Å². The zero-order valence-electron chi connectivity index (χ0n) is 15.0. The molecule has 1 saturated heterocycles. The normalized spacial score (nSPS) is 18.9. The molecule has 1 aromatic rings. The van der Waals surface area contributed by atoms with Crippen molar-refractivity contribution in [2.24, 2.45) is 0 Å². The van der Waals surface area contributed by atoms with E-state index in [1.165, 1.54) is 17.8 Å². The molecule has 0 aromatic carbocycles. The van der Waals surface area contributed by atoms with Gasteiger partial charge in [0.1, 0.15) is 11.9 Å². The molecular weight excluding hydrogens is 399 g/mol. The number of carboxylic acids is 1. The summed E-state index contributed by atoms with van der Waals surface area (Å²) in [7, 11) is 0. The highest BCUT2D eigenvalue weighted by molar-refractivity contribution is 7.99. The molecule has 1 aliphatic rings. The van der Waals surface area contributed by atoms with Crippen LogP contribution >= 0.6 is 11.8 Å². The van der Waals surface area contributed by atoms with E-state index in [1.807, 2.05) is 0 Å². The quantitative estimate of drug-likeness (QED) is 0.444. The van der Waals surface area contributed by atoms with Crippen LogP contribution in [0.5, 0.6) is 0 Å². The van der Waals surface area contributed by atoms with Crippen LogP contribution in [0.3, 0.4) is 0 Å². The highest BCUT2D eigenvalue weighted by Crippen LogP contribution is 2.32. The number of amides is 1. The van der Waals surface area contributed by atoms with E-state index < -0.39 is 24.0 Å². The van der Waals surface area contributed by atoms with Crippen molar-refractivity contribution in [3.63, 3.8) is 0 Å². The van der Waals surface area contributed by atoms with Gasteiger partial charge >= 0.3 is 12.1 Å². The smallest absolute Gasteiger partial charge is 0.449 e. The van der Waals surface area contributed by atoms with Gasteiger partial charge in [0.25, 0.3) is 0 Å². The summed E-state index contributed by atoms with van der Waals surface area (Å²) >= 11 is 1.32. The Bertz CT molecular complexity index is 704. The molecule has 1 aromatic heterocycles. The fourth-order valence-electron chi connectivity index (χ4n) is 2.88. The summed E-state index contributed by atoms with van der Waals surface area (Å²) < 4.78 is 42.3. The number of carboxylic acid groups (broad SMARTS) is 1. The Kier molecular flexibility index (Phi) is 7.99. The number of alkyl halides is 3. The van der Waals surface area contributed by atoms with Gasteiger partial charge in [0, 0.05) is 13.0 Å². The van der Waals surface area contributed by atoms with Gasteiger partial charge in [0.15, 0.2) is 0 Å². The minimum Gasteiger partial charge on any atom is -0.481 e. The summed E-state index contributed by atoms with van der Waals surface area (Å²) in [5.41, 5.74) is 0. The van der Waals surface area contributed by atoms with Crippen LogP contribution in [0.15, 0.2) is 28.7 Å². The highest BCUT2D eigenvalue weighted by Gasteiger charge is 2.35. The molecule has 1 amide bonds. The van der Waals surface area contributed by atoms with E-state index in [0.29, 0.717) is 25.1 Å². The van der Waals surface area contributed by atoms with E-state index in [2.05, 4.69) is 4.42 Å². The number of aliphatic carboxylic acids is 1. The molecule has 10 heteroatoms. The van der Waals surface area contributed by atoms with Crippen LogP contribution in [0.2, 0.25) is 0 Å². The predicted octanol–water partition coefficient (Wildman–Crippen LogP) is 3.48. The Labute approximate surface area is 164 Å². The Morgan fingerprint density at radius 1 is 1.39 bits per heavy atom. The summed E-state index contributed by atoms with van der Waals surface area (Å²) in [6.45, 7) is 0.510. The largest absolute Gasteiger partial charge is 0.481 e. The molecular formula is C18H22F3NO5S. The fraction of sp³-hybridized carbons (Fsp3) is 0.556. The maximum absolute atomic E-state index is 12.6. The molecule has 6 nitrogen and oxygen atoms in total. The van der Waals surface area contributed by atoms with Crippen molar-refractivity contribution in [1.29, 1.82) is 0 Å². The van der Waals surface area contributed by atoms with Crippen molar-refractivity contribution < 1.29 is 37.4 Å². The van der Waals surface area contributed by atoms with Gasteiger partial charge in [-0.25, -0.2) is 0 Å². The number of aliphatic hydroxyl groups is 1. The second-order valence-electron chi connectivity index (χ2n) is 6.38. The monoisotopic (exact) mass is 421 g/mol. The second kappa shape index (κ2) is 10.0. The van der Waals surface area contributed by atoms with Crippen LogP contribution in [0, 0.1) is 0 Å². The van der Waals surface area contributed by atoms with Gasteiger partial charge in [-0.2, -0.15) is 24.9 Å². The van der Waals surface area contributed by atoms with Crippen LogP contribution < -0.4 is 0 Å². The molecule has 1 aliphatic heterocycles. The first-order chi connectivity index (χ1) is 13.2. The van der Waals surface area contributed by atoms with E-state index in [4.69, 9.17) is 5.11 Å². The average molecular weight is 421 g/mol. The number of thioether (sulfide) groups is 1. The first-order valence-corrected chi connectivity index (χ1v) is 9.96. The van der Waals surface area contributed by atoms with Gasteiger partial charge in [-0.15, -0.1) is 0 Å². The number of nitrogens with zero attached hydrogens (tertiary/aromatic N) is 1. The first-order valence-electron chi connectivity index (χ1n) is 8.81. The number of likely N-dealkylation sites (tertiary alicyclic amines) is 1. The number of unbranched alkanes of at least 4 members (excludes halogenated alkanes) is 1. The third kappa shape index (κ3) is 6.59. The van der Waals surface area contributed by atoms with Gasteiger partial charge in [-0.1, -0.05) is 12.2 Å². The van der Waals surface area contributed by atoms with E-state index in [0.717, 1.165) is 25.0 Å². The molecule has 0 radical (unpaired) electrons. The van der Waals surface area contributed by atoms with Crippen molar-refractivity contribution >= 4 is 23.6 Å². The Morgan fingerprint density at radius 2 is 2.14 bits per heavy atom. The molecule has 2 rings (SSSR count). The van der Waals surface area contributed by atoms with E-state index >= 15 is 0 Å². The summed E-state index contributed by atoms with van der Waals surface area (Å²) in [5, 5.41) is 18.6. The minimum absolute atomic E-state index is 0.0142. The first kappa shape index (κ1) is 22.4. The molecule has 2 atom stereocenters. The lowest BCUT2D eigenvalue weighted by molar-refractivity contribution is -0.153. The number of furan rings is 1. The maximum atomic E-state index is 12.6. The minimum atomic E-state index is -4.61. The van der Waals surface area contributed by atoms with E-state index in [-0.39, 0.29) is 23.5 Å². The molecule has 0 saturated carbocycles. The molecule has 28 heavy (non-hydrogen) atoms. The van der Waals surface area contributed by atoms with Gasteiger partial charge in [0.2, 0.25) is 11.7 Å². The van der Waals surface area contributed by atoms with E-state index in [1.54, 1.807) is 11.0 Å². The van der Waals surface area contributed by atoms with Gasteiger partial charge in [0.05, 0.1) is 11.8 Å². The number of hydrogen-bond acceptors (Lipinski definition) is 5. The van der Waals surface area contributed by atoms with Gasteiger partial charge in [-0.05, 0) is 37.1 Å². The summed E-state index contributed by atoms with van der Waals surface area (Å²) in [5.74, 6) is -1.52. The molecule has 156 valence electrons. The van der Waals surface area contributed by atoms with Crippen LogP contribution in [-0.2, 0) is 15.8 Å². The van der Waals surface area contributed by atoms with Crippen LogP contribution in [0.25, 0.3) is 0 Å². The third-order valence-corrected chi connectivity index (χ3v) is 5.28. The Morgan fingerprint density at radius 3 is 2.79 bits per heavy atom. The molecule has 0 spiro atoms. The summed E-state index contributed by atoms with van der Waals surface area (Å²) in [4.78, 5) is 24.1. The third-order valence-electron chi connectivity index (χ3n) is 4.25. The average Bonchev–Trinajstić information content (AvgIpc) is 3.23. The lowest BCUT2D eigenvalue weighted by atomic mass is 10.1. The molecule has 2 N–H and O–H groups in total. The van der Waals surface area contributed by atoms with Crippen LogP contribution in [0.4, 0.5) is 13.2 Å². The van der Waals surface area contributed by atoms with Crippen molar-refractivity contribution in [2.75, 3.05) is 18.1 Å². The number of halogens is 3. The van der Waals surface area contributed by atoms with Gasteiger partial charge in [-0.3, -0.25) is 9.59 Å². The van der Waals surface area contributed by atoms with Crippen molar-refractivity contribution in [1.82, 2.24) is 4.90 Å². The molecule has 0 aliphatic carbocycles. The van der Waals surface area contributed by atoms with Crippen molar-refractivity contribution in [3.05, 3.63) is 35.8 Å². The second-order valence-corrected chi connectivity index (χ2v) is 7.48.